The molecule has 0 heterocycles. The molecule has 6 nitrogen and oxygen atoms in total. The summed E-state index contributed by atoms with van der Waals surface area (Å²) in [4.78, 5) is -0.442. The number of benzene rings is 2. The molecule has 0 spiro atoms. The van der Waals surface area contributed by atoms with E-state index in [1.807, 2.05) is 6.07 Å². The number of aliphatic hydroxyl groups excluding tert-OH is 1. The van der Waals surface area contributed by atoms with Gasteiger partial charge < -0.3 is 14.6 Å². The van der Waals surface area contributed by atoms with Gasteiger partial charge in [-0.05, 0) is 74.3 Å². The van der Waals surface area contributed by atoms with Crippen molar-refractivity contribution >= 4 is 10.0 Å². The van der Waals surface area contributed by atoms with Crippen LogP contribution in [0.2, 0.25) is 0 Å². The predicted molar refractivity (Wildman–Crippen MR) is 124 cm³/mol. The molecule has 2 aromatic carbocycles. The monoisotopic (exact) mass is 513 g/mol. The molecule has 0 bridgehead atoms. The lowest BCUT2D eigenvalue weighted by atomic mass is 9.87. The van der Waals surface area contributed by atoms with Crippen molar-refractivity contribution in [1.82, 2.24) is 4.31 Å². The Labute approximate surface area is 203 Å². The molecule has 0 saturated heterocycles. The number of hydrogen-bond acceptors (Lipinski definition) is 5. The number of sulfonamides is 1. The second-order valence-corrected chi connectivity index (χ2v) is 11.0. The fourth-order valence-electron chi connectivity index (χ4n) is 4.94. The van der Waals surface area contributed by atoms with Gasteiger partial charge in [-0.1, -0.05) is 12.1 Å². The number of rotatable bonds is 8. The molecule has 0 radical (unpaired) electrons. The Morgan fingerprint density at radius 2 is 1.83 bits per heavy atom. The van der Waals surface area contributed by atoms with Gasteiger partial charge in [0.15, 0.2) is 0 Å². The third kappa shape index (κ3) is 5.59. The third-order valence-corrected chi connectivity index (χ3v) is 8.55. The first-order chi connectivity index (χ1) is 16.6. The molecule has 1 unspecified atom stereocenters. The summed E-state index contributed by atoms with van der Waals surface area (Å²) in [5, 5.41) is 9.09. The van der Waals surface area contributed by atoms with Crippen molar-refractivity contribution in [2.24, 2.45) is 0 Å². The number of nitrogens with zero attached hydrogens (tertiary/aromatic N) is 1. The molecule has 192 valence electrons. The highest BCUT2D eigenvalue weighted by Gasteiger charge is 2.37. The summed E-state index contributed by atoms with van der Waals surface area (Å²) in [6, 6.07) is 7.53. The minimum atomic E-state index is -4.71. The average Bonchev–Trinajstić information content (AvgIpc) is 3.34. The molecular weight excluding hydrogens is 483 g/mol. The van der Waals surface area contributed by atoms with Crippen LogP contribution in [0, 0.1) is 0 Å². The predicted octanol–water partition coefficient (Wildman–Crippen LogP) is 5.10. The first-order valence-corrected chi connectivity index (χ1v) is 13.3. The fraction of sp³-hybridized carbons (Fsp3) is 0.520. The maximum absolute atomic E-state index is 13.7. The topological polar surface area (TPSA) is 76.1 Å². The van der Waals surface area contributed by atoms with E-state index in [1.165, 1.54) is 13.1 Å². The Kier molecular flexibility index (Phi) is 7.63. The number of hydrogen-bond donors (Lipinski definition) is 1. The van der Waals surface area contributed by atoms with Gasteiger partial charge in [0.2, 0.25) is 10.0 Å². The van der Waals surface area contributed by atoms with E-state index in [1.54, 1.807) is 12.1 Å². The lowest BCUT2D eigenvalue weighted by molar-refractivity contribution is -0.137. The van der Waals surface area contributed by atoms with Crippen LogP contribution in [0.3, 0.4) is 0 Å². The molecular formula is C25H30F3NO5S. The van der Waals surface area contributed by atoms with Gasteiger partial charge in [0, 0.05) is 13.1 Å². The van der Waals surface area contributed by atoms with Gasteiger partial charge in [-0.25, -0.2) is 8.42 Å². The lowest BCUT2D eigenvalue weighted by Gasteiger charge is -2.33. The van der Waals surface area contributed by atoms with Crippen molar-refractivity contribution in [3.8, 4) is 11.5 Å². The van der Waals surface area contributed by atoms with E-state index in [2.05, 4.69) is 0 Å². The van der Waals surface area contributed by atoms with E-state index >= 15 is 0 Å². The minimum absolute atomic E-state index is 0.0811. The van der Waals surface area contributed by atoms with Crippen molar-refractivity contribution in [3.05, 3.63) is 53.1 Å². The number of fused-ring (bicyclic) bond motifs is 1. The molecule has 1 fully saturated rings. The average molecular weight is 514 g/mol. The van der Waals surface area contributed by atoms with Gasteiger partial charge in [0.25, 0.3) is 0 Å². The first kappa shape index (κ1) is 25.8. The number of ether oxygens (including phenoxy) is 2. The van der Waals surface area contributed by atoms with E-state index in [-0.39, 0.29) is 25.1 Å². The van der Waals surface area contributed by atoms with E-state index in [0.717, 1.165) is 47.2 Å². The standard InChI is InChI=1S/C25H30F3NO5S/c1-29(23-10-4-9-22-21(23)8-5-11-24(22)33-13-12-30)35(31,32)20-15-17(25(26,27)28)14-19(16-20)34-18-6-2-3-7-18/h5,8,11,14-16,18,23,30H,2-4,6-7,9-10,12-13H2,1H3. The summed E-state index contributed by atoms with van der Waals surface area (Å²) in [5.41, 5.74) is 0.560. The van der Waals surface area contributed by atoms with E-state index < -0.39 is 32.7 Å². The van der Waals surface area contributed by atoms with Gasteiger partial charge >= 0.3 is 6.18 Å². The van der Waals surface area contributed by atoms with E-state index in [9.17, 15) is 21.6 Å². The zero-order valence-corrected chi connectivity index (χ0v) is 20.4. The van der Waals surface area contributed by atoms with E-state index in [4.69, 9.17) is 14.6 Å². The van der Waals surface area contributed by atoms with Crippen LogP contribution in [0.25, 0.3) is 0 Å². The third-order valence-electron chi connectivity index (χ3n) is 6.71. The molecule has 1 atom stereocenters. The molecule has 0 amide bonds. The van der Waals surface area contributed by atoms with Crippen LogP contribution in [0.4, 0.5) is 13.2 Å². The summed E-state index contributed by atoms with van der Waals surface area (Å²) in [6.45, 7) is -0.0363. The zero-order valence-electron chi connectivity index (χ0n) is 19.6. The quantitative estimate of drug-likeness (QED) is 0.532. The molecule has 1 saturated carbocycles. The largest absolute Gasteiger partial charge is 0.491 e. The first-order valence-electron chi connectivity index (χ1n) is 11.8. The number of aliphatic hydroxyl groups is 1. The zero-order chi connectivity index (χ0) is 25.2. The summed E-state index contributed by atoms with van der Waals surface area (Å²) in [7, 11) is -2.88. The van der Waals surface area contributed by atoms with Crippen molar-refractivity contribution in [2.75, 3.05) is 20.3 Å². The molecule has 35 heavy (non-hydrogen) atoms. The lowest BCUT2D eigenvalue weighted by Crippen LogP contribution is -2.33. The SMILES string of the molecule is CN(C1CCCc2c(OCCO)cccc21)S(=O)(=O)c1cc(OC2CCCC2)cc(C(F)(F)F)c1. The Balaban J connectivity index is 1.69. The summed E-state index contributed by atoms with van der Waals surface area (Å²) < 4.78 is 80.7. The summed E-state index contributed by atoms with van der Waals surface area (Å²) in [5.74, 6) is 0.501. The highest BCUT2D eigenvalue weighted by Crippen LogP contribution is 2.41. The maximum atomic E-state index is 13.7. The normalized spacial score (nSPS) is 19.1. The molecule has 2 aliphatic rings. The van der Waals surface area contributed by atoms with Crippen LogP contribution in [0.1, 0.15) is 61.3 Å². The number of alkyl halides is 3. The highest BCUT2D eigenvalue weighted by molar-refractivity contribution is 7.89. The molecule has 4 rings (SSSR count). The van der Waals surface area contributed by atoms with Crippen LogP contribution < -0.4 is 9.47 Å². The van der Waals surface area contributed by atoms with Crippen LogP contribution in [-0.2, 0) is 22.6 Å². The Morgan fingerprint density at radius 1 is 1.09 bits per heavy atom. The van der Waals surface area contributed by atoms with Gasteiger partial charge in [-0.15, -0.1) is 0 Å². The number of halogens is 3. The Bertz CT molecular complexity index is 1150. The molecule has 0 aliphatic heterocycles. The molecule has 2 aliphatic carbocycles. The highest BCUT2D eigenvalue weighted by atomic mass is 32.2. The van der Waals surface area contributed by atoms with Crippen LogP contribution in [0.15, 0.2) is 41.3 Å². The van der Waals surface area contributed by atoms with Crippen molar-refractivity contribution in [3.63, 3.8) is 0 Å². The minimum Gasteiger partial charge on any atom is -0.491 e. The van der Waals surface area contributed by atoms with E-state index in [0.29, 0.717) is 31.1 Å². The van der Waals surface area contributed by atoms with Crippen molar-refractivity contribution in [1.29, 1.82) is 0 Å². The smallest absolute Gasteiger partial charge is 0.416 e. The van der Waals surface area contributed by atoms with Crippen LogP contribution in [-0.4, -0.2) is 44.2 Å². The second kappa shape index (κ2) is 10.4. The van der Waals surface area contributed by atoms with Crippen LogP contribution >= 0.6 is 0 Å². The summed E-state index contributed by atoms with van der Waals surface area (Å²) in [6.07, 6.45) is 0.306. The van der Waals surface area contributed by atoms with Gasteiger partial charge in [-0.2, -0.15) is 17.5 Å². The van der Waals surface area contributed by atoms with Gasteiger partial charge in [0.05, 0.1) is 29.2 Å². The summed E-state index contributed by atoms with van der Waals surface area (Å²) >= 11 is 0. The van der Waals surface area contributed by atoms with Crippen molar-refractivity contribution < 1.29 is 36.2 Å². The van der Waals surface area contributed by atoms with Gasteiger partial charge in [0.1, 0.15) is 18.1 Å². The molecule has 1 N–H and O–H groups in total. The van der Waals surface area contributed by atoms with Gasteiger partial charge in [-0.3, -0.25) is 0 Å². The van der Waals surface area contributed by atoms with Crippen LogP contribution in [0.5, 0.6) is 11.5 Å². The Morgan fingerprint density at radius 3 is 2.51 bits per heavy atom. The molecule has 2 aromatic rings. The fourth-order valence-corrected chi connectivity index (χ4v) is 6.37. The maximum Gasteiger partial charge on any atom is 0.416 e. The molecule has 10 heteroatoms. The van der Waals surface area contributed by atoms with Crippen molar-refractivity contribution in [2.45, 2.75) is 68.2 Å². The molecule has 0 aromatic heterocycles. The second-order valence-electron chi connectivity index (χ2n) is 9.04. The Hall–Kier alpha value is -2.30.